The van der Waals surface area contributed by atoms with Crippen molar-refractivity contribution in [2.24, 2.45) is 0 Å². The second kappa shape index (κ2) is 8.91. The maximum absolute atomic E-state index is 12.8. The summed E-state index contributed by atoms with van der Waals surface area (Å²) in [6.45, 7) is -0.521. The standard InChI is InChI=1S/C22H21N3O6S/c1-31-22(30)17-14-9-3-2-4-10-15(14)32-19(17)23-16(26)11-25-20(27)13-8-6-5-7-12(13)18(24-25)21(28)29/h5-8H,2-4,9-11H2,1H3,(H,23,26)(H,28,29)/p-1. The van der Waals surface area contributed by atoms with Crippen molar-refractivity contribution in [1.29, 1.82) is 0 Å². The van der Waals surface area contributed by atoms with Gasteiger partial charge in [-0.1, -0.05) is 24.6 Å². The van der Waals surface area contributed by atoms with Crippen LogP contribution in [0.1, 0.15) is 50.5 Å². The Labute approximate surface area is 186 Å². The number of carboxylic acid groups (broad SMARTS) is 1. The van der Waals surface area contributed by atoms with E-state index in [1.165, 1.54) is 30.6 Å². The van der Waals surface area contributed by atoms with Crippen molar-refractivity contribution < 1.29 is 24.2 Å². The van der Waals surface area contributed by atoms with E-state index in [0.29, 0.717) is 10.6 Å². The number of hydrogen-bond donors (Lipinski definition) is 1. The number of carbonyl (C=O) groups excluding carboxylic acids is 3. The molecular formula is C22H20N3O6S-. The number of fused-ring (bicyclic) bond motifs is 2. The van der Waals surface area contributed by atoms with Crippen molar-refractivity contribution in [3.8, 4) is 0 Å². The lowest BCUT2D eigenvalue weighted by atomic mass is 10.1. The number of aryl methyl sites for hydroxylation is 1. The van der Waals surface area contributed by atoms with Crippen LogP contribution in [0.5, 0.6) is 0 Å². The zero-order valence-corrected chi connectivity index (χ0v) is 18.1. The Balaban J connectivity index is 1.67. The van der Waals surface area contributed by atoms with Crippen LogP contribution in [-0.2, 0) is 28.9 Å². The second-order valence-corrected chi connectivity index (χ2v) is 8.56. The van der Waals surface area contributed by atoms with Crippen LogP contribution in [0.2, 0.25) is 0 Å². The third-order valence-corrected chi connectivity index (χ3v) is 6.63. The Kier molecular flexibility index (Phi) is 6.04. The highest BCUT2D eigenvalue weighted by Gasteiger charge is 2.26. The molecule has 0 atom stereocenters. The van der Waals surface area contributed by atoms with Gasteiger partial charge < -0.3 is 20.0 Å². The van der Waals surface area contributed by atoms with Gasteiger partial charge in [-0.05, 0) is 37.3 Å². The Morgan fingerprint density at radius 3 is 2.59 bits per heavy atom. The average molecular weight is 454 g/mol. The van der Waals surface area contributed by atoms with Gasteiger partial charge in [-0.3, -0.25) is 9.59 Å². The molecule has 2 aromatic heterocycles. The fourth-order valence-corrected chi connectivity index (χ4v) is 5.24. The SMILES string of the molecule is COC(=O)c1c(NC(=O)Cn2nc(C(=O)[O-])c3ccccc3c2=O)sc2c1CCCCC2. The molecule has 0 bridgehead atoms. The molecule has 166 valence electrons. The van der Waals surface area contributed by atoms with E-state index in [4.69, 9.17) is 4.74 Å². The quantitative estimate of drug-likeness (QED) is 0.457. The van der Waals surface area contributed by atoms with Crippen LogP contribution in [0, 0.1) is 0 Å². The summed E-state index contributed by atoms with van der Waals surface area (Å²) in [5.74, 6) is -2.69. The van der Waals surface area contributed by atoms with Crippen LogP contribution < -0.4 is 16.0 Å². The summed E-state index contributed by atoms with van der Waals surface area (Å²) < 4.78 is 5.72. The fraction of sp³-hybridized carbons (Fsp3) is 0.318. The first-order valence-corrected chi connectivity index (χ1v) is 11.0. The molecule has 0 aliphatic heterocycles. The zero-order chi connectivity index (χ0) is 22.8. The van der Waals surface area contributed by atoms with Gasteiger partial charge in [0.2, 0.25) is 5.91 Å². The monoisotopic (exact) mass is 454 g/mol. The van der Waals surface area contributed by atoms with Crippen LogP contribution >= 0.6 is 11.3 Å². The van der Waals surface area contributed by atoms with Gasteiger partial charge in [0.05, 0.1) is 24.0 Å². The number of anilines is 1. The molecule has 10 heteroatoms. The molecule has 0 saturated heterocycles. The zero-order valence-electron chi connectivity index (χ0n) is 17.3. The van der Waals surface area contributed by atoms with Gasteiger partial charge >= 0.3 is 5.97 Å². The molecule has 4 rings (SSSR count). The highest BCUT2D eigenvalue weighted by molar-refractivity contribution is 7.17. The van der Waals surface area contributed by atoms with Crippen LogP contribution in [0.25, 0.3) is 10.8 Å². The molecule has 1 N–H and O–H groups in total. The second-order valence-electron chi connectivity index (χ2n) is 7.45. The smallest absolute Gasteiger partial charge is 0.341 e. The summed E-state index contributed by atoms with van der Waals surface area (Å²) in [5.41, 5.74) is 0.217. The highest BCUT2D eigenvalue weighted by Crippen LogP contribution is 2.37. The molecule has 3 aromatic rings. The minimum Gasteiger partial charge on any atom is -0.543 e. The summed E-state index contributed by atoms with van der Waals surface area (Å²) in [4.78, 5) is 50.5. The lowest BCUT2D eigenvalue weighted by molar-refractivity contribution is -0.255. The van der Waals surface area contributed by atoms with Crippen LogP contribution in [0.4, 0.5) is 5.00 Å². The average Bonchev–Trinajstić information content (AvgIpc) is 2.95. The van der Waals surface area contributed by atoms with Crippen LogP contribution in [-0.4, -0.2) is 34.7 Å². The van der Waals surface area contributed by atoms with Crippen molar-refractivity contribution in [2.45, 2.75) is 38.6 Å². The van der Waals surface area contributed by atoms with E-state index in [-0.39, 0.29) is 10.8 Å². The summed E-state index contributed by atoms with van der Waals surface area (Å²) in [6, 6.07) is 6.10. The van der Waals surface area contributed by atoms with Gasteiger partial charge in [-0.15, -0.1) is 11.3 Å². The number of carboxylic acids is 1. The van der Waals surface area contributed by atoms with E-state index < -0.39 is 35.6 Å². The van der Waals surface area contributed by atoms with E-state index in [1.54, 1.807) is 12.1 Å². The molecule has 0 spiro atoms. The first-order chi connectivity index (χ1) is 15.4. The largest absolute Gasteiger partial charge is 0.543 e. The van der Waals surface area contributed by atoms with Gasteiger partial charge in [-0.2, -0.15) is 5.10 Å². The van der Waals surface area contributed by atoms with Gasteiger partial charge in [0, 0.05) is 10.3 Å². The summed E-state index contributed by atoms with van der Waals surface area (Å²) in [5, 5.41) is 18.7. The summed E-state index contributed by atoms with van der Waals surface area (Å²) in [6.07, 6.45) is 4.57. The fourth-order valence-electron chi connectivity index (χ4n) is 3.94. The van der Waals surface area contributed by atoms with Gasteiger partial charge in [0.15, 0.2) is 0 Å². The topological polar surface area (TPSA) is 130 Å². The number of amides is 1. The number of carbonyl (C=O) groups is 3. The molecule has 2 heterocycles. The minimum absolute atomic E-state index is 0.118. The minimum atomic E-state index is -1.55. The molecular weight excluding hydrogens is 434 g/mol. The third-order valence-electron chi connectivity index (χ3n) is 5.42. The Hall–Kier alpha value is -3.53. The lowest BCUT2D eigenvalue weighted by Crippen LogP contribution is -2.34. The molecule has 0 saturated carbocycles. The number of methoxy groups -OCH3 is 1. The van der Waals surface area contributed by atoms with Gasteiger partial charge in [-0.25, -0.2) is 9.48 Å². The Morgan fingerprint density at radius 2 is 1.88 bits per heavy atom. The third kappa shape index (κ3) is 4.01. The lowest BCUT2D eigenvalue weighted by Gasteiger charge is -2.12. The van der Waals surface area contributed by atoms with Crippen LogP contribution in [0.3, 0.4) is 0 Å². The van der Waals surface area contributed by atoms with Crippen LogP contribution in [0.15, 0.2) is 29.1 Å². The molecule has 1 aromatic carbocycles. The first kappa shape index (κ1) is 21.7. The number of aromatic nitrogens is 2. The van der Waals surface area contributed by atoms with Crippen molar-refractivity contribution in [3.63, 3.8) is 0 Å². The van der Waals surface area contributed by atoms with Gasteiger partial charge in [0.25, 0.3) is 5.56 Å². The number of hydrogen-bond acceptors (Lipinski definition) is 8. The van der Waals surface area contributed by atoms with Crippen molar-refractivity contribution in [2.75, 3.05) is 12.4 Å². The number of esters is 1. The molecule has 0 fully saturated rings. The summed E-state index contributed by atoms with van der Waals surface area (Å²) >= 11 is 1.33. The van der Waals surface area contributed by atoms with E-state index in [0.717, 1.165) is 47.2 Å². The van der Waals surface area contributed by atoms with E-state index in [9.17, 15) is 24.3 Å². The van der Waals surface area contributed by atoms with E-state index in [2.05, 4.69) is 10.4 Å². The maximum atomic E-state index is 12.8. The molecule has 1 amide bonds. The number of nitrogens with one attached hydrogen (secondary N) is 1. The predicted molar refractivity (Wildman–Crippen MR) is 116 cm³/mol. The normalized spacial score (nSPS) is 13.3. The molecule has 9 nitrogen and oxygen atoms in total. The highest BCUT2D eigenvalue weighted by atomic mass is 32.1. The van der Waals surface area contributed by atoms with Crippen molar-refractivity contribution >= 4 is 45.0 Å². The van der Waals surface area contributed by atoms with E-state index >= 15 is 0 Å². The number of thiophene rings is 1. The van der Waals surface area contributed by atoms with Crippen molar-refractivity contribution in [3.05, 3.63) is 56.3 Å². The summed E-state index contributed by atoms with van der Waals surface area (Å²) in [7, 11) is 1.29. The van der Waals surface area contributed by atoms with Gasteiger partial charge in [0.1, 0.15) is 17.2 Å². The molecule has 1 aliphatic rings. The van der Waals surface area contributed by atoms with E-state index in [1.807, 2.05) is 0 Å². The number of rotatable bonds is 5. The number of aromatic carboxylic acids is 1. The Morgan fingerprint density at radius 1 is 1.16 bits per heavy atom. The maximum Gasteiger partial charge on any atom is 0.341 e. The molecule has 0 radical (unpaired) electrons. The Bertz CT molecular complexity index is 1290. The predicted octanol–water partition coefficient (Wildman–Crippen LogP) is 1.52. The molecule has 32 heavy (non-hydrogen) atoms. The first-order valence-electron chi connectivity index (χ1n) is 10.1. The molecule has 1 aliphatic carbocycles. The number of ether oxygens (including phenoxy) is 1. The molecule has 0 unspecified atom stereocenters. The van der Waals surface area contributed by atoms with Crippen molar-refractivity contribution in [1.82, 2.24) is 9.78 Å². The number of benzene rings is 1. The number of nitrogens with zero attached hydrogens (tertiary/aromatic N) is 2.